The normalized spacial score (nSPS) is 9.75. The van der Waals surface area contributed by atoms with Crippen molar-refractivity contribution in [2.75, 3.05) is 0 Å². The number of rotatable bonds is 1. The lowest BCUT2D eigenvalue weighted by atomic mass is 10.0. The molecule has 1 heterocycles. The predicted octanol–water partition coefficient (Wildman–Crippen LogP) is 2.22. The van der Waals surface area contributed by atoms with Crippen LogP contribution in [0.15, 0.2) is 41.3 Å². The molecule has 0 bridgehead atoms. The molecule has 0 fully saturated rings. The molecule has 1 aromatic heterocycles. The highest BCUT2D eigenvalue weighted by Gasteiger charge is 2.04. The minimum atomic E-state index is -0.347. The molecular weight excluding hydrogens is 200 g/mol. The molecule has 78 valence electrons. The first-order chi connectivity index (χ1) is 7.72. The van der Waals surface area contributed by atoms with Gasteiger partial charge in [0.25, 0.3) is 5.56 Å². The van der Waals surface area contributed by atoms with E-state index in [2.05, 4.69) is 4.98 Å². The van der Waals surface area contributed by atoms with Crippen LogP contribution in [-0.4, -0.2) is 4.98 Å². The highest BCUT2D eigenvalue weighted by atomic mass is 16.1. The van der Waals surface area contributed by atoms with Gasteiger partial charge in [0, 0.05) is 6.20 Å². The van der Waals surface area contributed by atoms with Crippen LogP contribution in [0.3, 0.4) is 0 Å². The average Bonchev–Trinajstić information content (AvgIpc) is 2.31. The van der Waals surface area contributed by atoms with E-state index in [0.717, 1.165) is 16.7 Å². The number of H-pyrrole nitrogens is 1. The standard InChI is InChI=1S/C13H10N2O/c1-9-4-2-3-5-12(9)11-6-10(7-14)13(16)15-8-11/h2-6,8H,1H3,(H,15,16). The highest BCUT2D eigenvalue weighted by Crippen LogP contribution is 2.21. The Bertz CT molecular complexity index is 620. The van der Waals surface area contributed by atoms with Gasteiger partial charge in [-0.05, 0) is 29.7 Å². The van der Waals surface area contributed by atoms with Crippen molar-refractivity contribution < 1.29 is 0 Å². The van der Waals surface area contributed by atoms with E-state index in [1.807, 2.05) is 37.3 Å². The Morgan fingerprint density at radius 1 is 1.31 bits per heavy atom. The van der Waals surface area contributed by atoms with E-state index < -0.39 is 0 Å². The van der Waals surface area contributed by atoms with Crippen LogP contribution in [0.2, 0.25) is 0 Å². The van der Waals surface area contributed by atoms with Crippen LogP contribution in [0.25, 0.3) is 11.1 Å². The predicted molar refractivity (Wildman–Crippen MR) is 62.0 cm³/mol. The van der Waals surface area contributed by atoms with Crippen molar-refractivity contribution in [3.05, 3.63) is 58.0 Å². The molecule has 0 unspecified atom stereocenters. The van der Waals surface area contributed by atoms with Crippen LogP contribution < -0.4 is 5.56 Å². The molecule has 3 nitrogen and oxygen atoms in total. The summed E-state index contributed by atoms with van der Waals surface area (Å²) in [4.78, 5) is 13.8. The summed E-state index contributed by atoms with van der Waals surface area (Å²) < 4.78 is 0. The Hall–Kier alpha value is -2.34. The molecule has 0 radical (unpaired) electrons. The number of aromatic amines is 1. The maximum absolute atomic E-state index is 11.2. The van der Waals surface area contributed by atoms with E-state index >= 15 is 0 Å². The third-order valence-corrected chi connectivity index (χ3v) is 2.48. The first-order valence-electron chi connectivity index (χ1n) is 4.91. The zero-order chi connectivity index (χ0) is 11.5. The van der Waals surface area contributed by atoms with Gasteiger partial charge in [-0.15, -0.1) is 0 Å². The molecule has 0 atom stereocenters. The van der Waals surface area contributed by atoms with Gasteiger partial charge in [-0.2, -0.15) is 5.26 Å². The van der Waals surface area contributed by atoms with Gasteiger partial charge in [0.15, 0.2) is 0 Å². The number of hydrogen-bond acceptors (Lipinski definition) is 2. The molecule has 0 aliphatic carbocycles. The molecule has 16 heavy (non-hydrogen) atoms. The third-order valence-electron chi connectivity index (χ3n) is 2.48. The van der Waals surface area contributed by atoms with Crippen molar-refractivity contribution >= 4 is 0 Å². The van der Waals surface area contributed by atoms with Crippen molar-refractivity contribution in [3.63, 3.8) is 0 Å². The SMILES string of the molecule is Cc1ccccc1-c1c[nH]c(=O)c(C#N)c1. The van der Waals surface area contributed by atoms with Gasteiger partial charge in [-0.1, -0.05) is 24.3 Å². The maximum atomic E-state index is 11.2. The largest absolute Gasteiger partial charge is 0.327 e. The Labute approximate surface area is 93.0 Å². The number of aryl methyl sites for hydroxylation is 1. The highest BCUT2D eigenvalue weighted by molar-refractivity contribution is 5.67. The molecule has 0 aliphatic rings. The first kappa shape index (κ1) is 10.2. The number of aromatic nitrogens is 1. The van der Waals surface area contributed by atoms with Gasteiger partial charge in [0.1, 0.15) is 11.6 Å². The smallest absolute Gasteiger partial charge is 0.265 e. The summed E-state index contributed by atoms with van der Waals surface area (Å²) in [5, 5.41) is 8.79. The number of nitriles is 1. The summed E-state index contributed by atoms with van der Waals surface area (Å²) in [6, 6.07) is 11.3. The van der Waals surface area contributed by atoms with Crippen molar-refractivity contribution in [3.8, 4) is 17.2 Å². The quantitative estimate of drug-likeness (QED) is 0.784. The van der Waals surface area contributed by atoms with E-state index in [1.165, 1.54) is 0 Å². The van der Waals surface area contributed by atoms with Crippen LogP contribution >= 0.6 is 0 Å². The van der Waals surface area contributed by atoms with Crippen LogP contribution in [0.4, 0.5) is 0 Å². The monoisotopic (exact) mass is 210 g/mol. The summed E-state index contributed by atoms with van der Waals surface area (Å²) in [7, 11) is 0. The third kappa shape index (κ3) is 1.73. The van der Waals surface area contributed by atoms with E-state index in [4.69, 9.17) is 5.26 Å². The van der Waals surface area contributed by atoms with E-state index in [0.29, 0.717) is 0 Å². The molecule has 0 amide bonds. The second kappa shape index (κ2) is 4.03. The Kier molecular flexibility index (Phi) is 2.57. The molecule has 2 rings (SSSR count). The first-order valence-corrected chi connectivity index (χ1v) is 4.91. The molecule has 0 aliphatic heterocycles. The summed E-state index contributed by atoms with van der Waals surface area (Å²) in [5.41, 5.74) is 2.78. The second-order valence-corrected chi connectivity index (χ2v) is 3.56. The second-order valence-electron chi connectivity index (χ2n) is 3.56. The molecule has 2 aromatic rings. The molecule has 1 aromatic carbocycles. The number of nitrogens with zero attached hydrogens (tertiary/aromatic N) is 1. The van der Waals surface area contributed by atoms with E-state index in [1.54, 1.807) is 12.3 Å². The van der Waals surface area contributed by atoms with Gasteiger partial charge < -0.3 is 4.98 Å². The fourth-order valence-electron chi connectivity index (χ4n) is 1.62. The summed E-state index contributed by atoms with van der Waals surface area (Å²) in [5.74, 6) is 0. The lowest BCUT2D eigenvalue weighted by molar-refractivity contribution is 1.21. The fourth-order valence-corrected chi connectivity index (χ4v) is 1.62. The maximum Gasteiger partial charge on any atom is 0.265 e. The number of nitrogens with one attached hydrogen (secondary N) is 1. The van der Waals surface area contributed by atoms with Crippen LogP contribution in [-0.2, 0) is 0 Å². The van der Waals surface area contributed by atoms with Gasteiger partial charge >= 0.3 is 0 Å². The zero-order valence-corrected chi connectivity index (χ0v) is 8.82. The summed E-state index contributed by atoms with van der Waals surface area (Å²) >= 11 is 0. The fraction of sp³-hybridized carbons (Fsp3) is 0.0769. The number of benzene rings is 1. The van der Waals surface area contributed by atoms with Crippen molar-refractivity contribution in [1.29, 1.82) is 5.26 Å². The number of hydrogen-bond donors (Lipinski definition) is 1. The van der Waals surface area contributed by atoms with E-state index in [-0.39, 0.29) is 11.1 Å². The van der Waals surface area contributed by atoms with Crippen LogP contribution in [0.5, 0.6) is 0 Å². The van der Waals surface area contributed by atoms with Crippen molar-refractivity contribution in [1.82, 2.24) is 4.98 Å². The topological polar surface area (TPSA) is 56.6 Å². The van der Waals surface area contributed by atoms with Crippen LogP contribution in [0, 0.1) is 18.3 Å². The molecule has 3 heteroatoms. The van der Waals surface area contributed by atoms with Crippen molar-refractivity contribution in [2.45, 2.75) is 6.92 Å². The van der Waals surface area contributed by atoms with Gasteiger partial charge in [-0.25, -0.2) is 0 Å². The van der Waals surface area contributed by atoms with E-state index in [9.17, 15) is 4.79 Å². The molecule has 0 saturated heterocycles. The summed E-state index contributed by atoms with van der Waals surface area (Å²) in [6.07, 6.45) is 1.63. The summed E-state index contributed by atoms with van der Waals surface area (Å²) in [6.45, 7) is 1.99. The molecule has 1 N–H and O–H groups in total. The van der Waals surface area contributed by atoms with Crippen LogP contribution in [0.1, 0.15) is 11.1 Å². The van der Waals surface area contributed by atoms with Gasteiger partial charge in [0.05, 0.1) is 0 Å². The minimum Gasteiger partial charge on any atom is -0.327 e. The zero-order valence-electron chi connectivity index (χ0n) is 8.82. The molecule has 0 spiro atoms. The Balaban J connectivity index is 2.63. The van der Waals surface area contributed by atoms with Gasteiger partial charge in [0.2, 0.25) is 0 Å². The lowest BCUT2D eigenvalue weighted by Gasteiger charge is -2.04. The number of pyridine rings is 1. The lowest BCUT2D eigenvalue weighted by Crippen LogP contribution is -2.08. The average molecular weight is 210 g/mol. The Morgan fingerprint density at radius 2 is 2.06 bits per heavy atom. The van der Waals surface area contributed by atoms with Gasteiger partial charge in [-0.3, -0.25) is 4.79 Å². The minimum absolute atomic E-state index is 0.140. The Morgan fingerprint density at radius 3 is 2.75 bits per heavy atom. The molecular formula is C13H10N2O. The molecule has 0 saturated carbocycles. The van der Waals surface area contributed by atoms with Crippen molar-refractivity contribution in [2.24, 2.45) is 0 Å².